The van der Waals surface area contributed by atoms with E-state index in [9.17, 15) is 9.59 Å². The van der Waals surface area contributed by atoms with Crippen molar-refractivity contribution < 1.29 is 9.59 Å². The van der Waals surface area contributed by atoms with Gasteiger partial charge in [-0.05, 0) is 53.8 Å². The second-order valence-corrected chi connectivity index (χ2v) is 4.47. The standard InChI is InChI=1S/C10H12IN3O2/c1-6(9(15)14-10(12)16)13-8-4-2-7(11)3-5-8/h2-6,13H,1H3,(H3,12,14,15,16)/t6-/m1/s1. The summed E-state index contributed by atoms with van der Waals surface area (Å²) in [5, 5.41) is 4.96. The van der Waals surface area contributed by atoms with Crippen molar-refractivity contribution in [3.63, 3.8) is 0 Å². The molecule has 6 heteroatoms. The predicted molar refractivity (Wildman–Crippen MR) is 70.0 cm³/mol. The third-order valence-corrected chi connectivity index (χ3v) is 2.59. The predicted octanol–water partition coefficient (Wildman–Crippen LogP) is 1.29. The lowest BCUT2D eigenvalue weighted by Crippen LogP contribution is -2.43. The minimum atomic E-state index is -0.846. The molecule has 0 unspecified atom stereocenters. The molecule has 0 saturated heterocycles. The highest BCUT2D eigenvalue weighted by Gasteiger charge is 2.13. The summed E-state index contributed by atoms with van der Waals surface area (Å²) in [6.07, 6.45) is 0. The summed E-state index contributed by atoms with van der Waals surface area (Å²) >= 11 is 2.19. The maximum atomic E-state index is 11.3. The first-order chi connectivity index (χ1) is 7.49. The first-order valence-corrected chi connectivity index (χ1v) is 5.69. The van der Waals surface area contributed by atoms with E-state index in [1.807, 2.05) is 29.6 Å². The van der Waals surface area contributed by atoms with Crippen LogP contribution in [0.4, 0.5) is 10.5 Å². The third kappa shape index (κ3) is 4.05. The number of primary amides is 1. The van der Waals surface area contributed by atoms with Crippen molar-refractivity contribution in [3.05, 3.63) is 27.8 Å². The Hall–Kier alpha value is -1.31. The molecule has 0 saturated carbocycles. The number of anilines is 1. The van der Waals surface area contributed by atoms with E-state index in [-0.39, 0.29) is 0 Å². The van der Waals surface area contributed by atoms with E-state index in [2.05, 4.69) is 27.9 Å². The number of rotatable bonds is 3. The second kappa shape index (κ2) is 5.69. The maximum absolute atomic E-state index is 11.3. The number of nitrogens with one attached hydrogen (secondary N) is 2. The van der Waals surface area contributed by atoms with E-state index in [0.717, 1.165) is 9.26 Å². The summed E-state index contributed by atoms with van der Waals surface area (Å²) in [6.45, 7) is 1.65. The molecule has 1 aromatic carbocycles. The van der Waals surface area contributed by atoms with Gasteiger partial charge in [0.05, 0.1) is 0 Å². The van der Waals surface area contributed by atoms with Gasteiger partial charge in [-0.3, -0.25) is 10.1 Å². The Labute approximate surface area is 107 Å². The number of hydrogen-bond donors (Lipinski definition) is 3. The Morgan fingerprint density at radius 1 is 1.31 bits per heavy atom. The molecule has 1 aromatic rings. The Morgan fingerprint density at radius 3 is 2.38 bits per heavy atom. The van der Waals surface area contributed by atoms with Crippen LogP contribution in [-0.2, 0) is 4.79 Å². The summed E-state index contributed by atoms with van der Waals surface area (Å²) in [4.78, 5) is 21.8. The van der Waals surface area contributed by atoms with Crippen molar-refractivity contribution in [1.29, 1.82) is 0 Å². The average Bonchev–Trinajstić information content (AvgIpc) is 2.20. The number of benzene rings is 1. The fourth-order valence-electron chi connectivity index (χ4n) is 1.09. The number of amides is 3. The van der Waals surface area contributed by atoms with Gasteiger partial charge >= 0.3 is 6.03 Å². The molecule has 0 heterocycles. The zero-order valence-corrected chi connectivity index (χ0v) is 10.8. The molecule has 0 spiro atoms. The number of urea groups is 1. The smallest absolute Gasteiger partial charge is 0.318 e. The Kier molecular flexibility index (Phi) is 4.53. The Balaban J connectivity index is 2.57. The highest BCUT2D eigenvalue weighted by Crippen LogP contribution is 2.12. The van der Waals surface area contributed by atoms with E-state index < -0.39 is 18.0 Å². The van der Waals surface area contributed by atoms with Crippen LogP contribution >= 0.6 is 22.6 Å². The normalized spacial score (nSPS) is 11.6. The number of hydrogen-bond acceptors (Lipinski definition) is 3. The van der Waals surface area contributed by atoms with Crippen LogP contribution in [0, 0.1) is 3.57 Å². The van der Waals surface area contributed by atoms with Crippen LogP contribution in [0.15, 0.2) is 24.3 Å². The first kappa shape index (κ1) is 12.8. The zero-order valence-electron chi connectivity index (χ0n) is 8.66. The molecule has 86 valence electrons. The van der Waals surface area contributed by atoms with Crippen molar-refractivity contribution in [2.45, 2.75) is 13.0 Å². The molecular formula is C10H12IN3O2. The number of carbonyl (C=O) groups is 2. The molecule has 16 heavy (non-hydrogen) atoms. The molecule has 0 aliphatic heterocycles. The highest BCUT2D eigenvalue weighted by molar-refractivity contribution is 14.1. The van der Waals surface area contributed by atoms with Crippen molar-refractivity contribution in [2.75, 3.05) is 5.32 Å². The van der Waals surface area contributed by atoms with E-state index in [1.165, 1.54) is 0 Å². The van der Waals surface area contributed by atoms with Crippen LogP contribution in [0.2, 0.25) is 0 Å². The van der Waals surface area contributed by atoms with Gasteiger partial charge in [0.25, 0.3) is 0 Å². The van der Waals surface area contributed by atoms with Crippen LogP contribution in [0.25, 0.3) is 0 Å². The van der Waals surface area contributed by atoms with E-state index in [1.54, 1.807) is 6.92 Å². The van der Waals surface area contributed by atoms with Gasteiger partial charge in [0.2, 0.25) is 5.91 Å². The molecule has 5 nitrogen and oxygen atoms in total. The van der Waals surface area contributed by atoms with Gasteiger partial charge in [-0.15, -0.1) is 0 Å². The van der Waals surface area contributed by atoms with Crippen LogP contribution in [0.1, 0.15) is 6.92 Å². The van der Waals surface area contributed by atoms with Gasteiger partial charge in [-0.1, -0.05) is 0 Å². The monoisotopic (exact) mass is 333 g/mol. The molecule has 0 radical (unpaired) electrons. The minimum Gasteiger partial charge on any atom is -0.374 e. The van der Waals surface area contributed by atoms with Crippen LogP contribution in [0.3, 0.4) is 0 Å². The highest BCUT2D eigenvalue weighted by atomic mass is 127. The first-order valence-electron chi connectivity index (χ1n) is 4.61. The molecule has 3 amide bonds. The Bertz CT molecular complexity index is 392. The summed E-state index contributed by atoms with van der Waals surface area (Å²) in [6, 6.07) is 6.18. The van der Waals surface area contributed by atoms with Gasteiger partial charge in [-0.2, -0.15) is 0 Å². The summed E-state index contributed by atoms with van der Waals surface area (Å²) in [5.41, 5.74) is 5.66. The second-order valence-electron chi connectivity index (χ2n) is 3.23. The third-order valence-electron chi connectivity index (χ3n) is 1.87. The zero-order chi connectivity index (χ0) is 12.1. The van der Waals surface area contributed by atoms with Gasteiger partial charge in [0.1, 0.15) is 6.04 Å². The summed E-state index contributed by atoms with van der Waals surface area (Å²) in [5.74, 6) is -0.453. The maximum Gasteiger partial charge on any atom is 0.318 e. The summed E-state index contributed by atoms with van der Waals surface area (Å²) < 4.78 is 1.11. The quantitative estimate of drug-likeness (QED) is 0.729. The topological polar surface area (TPSA) is 84.2 Å². The molecule has 0 aliphatic rings. The van der Waals surface area contributed by atoms with Gasteiger partial charge in [0.15, 0.2) is 0 Å². The van der Waals surface area contributed by atoms with Crippen LogP contribution < -0.4 is 16.4 Å². The summed E-state index contributed by atoms with van der Waals surface area (Å²) in [7, 11) is 0. The van der Waals surface area contributed by atoms with Gasteiger partial charge in [-0.25, -0.2) is 4.79 Å². The molecule has 0 aliphatic carbocycles. The Morgan fingerprint density at radius 2 is 1.88 bits per heavy atom. The SMILES string of the molecule is C[C@@H](Nc1ccc(I)cc1)C(=O)NC(N)=O. The molecular weight excluding hydrogens is 321 g/mol. The van der Waals surface area contributed by atoms with Crippen molar-refractivity contribution in [2.24, 2.45) is 5.73 Å². The molecule has 0 fully saturated rings. The lowest BCUT2D eigenvalue weighted by Gasteiger charge is -2.13. The molecule has 0 bridgehead atoms. The number of carbonyl (C=O) groups excluding carboxylic acids is 2. The van der Waals surface area contributed by atoms with Crippen molar-refractivity contribution >= 4 is 40.2 Å². The number of imide groups is 1. The van der Waals surface area contributed by atoms with Gasteiger partial charge in [0, 0.05) is 9.26 Å². The fourth-order valence-corrected chi connectivity index (χ4v) is 1.45. The minimum absolute atomic E-state index is 0.453. The lowest BCUT2D eigenvalue weighted by atomic mass is 10.2. The van der Waals surface area contributed by atoms with E-state index >= 15 is 0 Å². The number of halogens is 1. The van der Waals surface area contributed by atoms with Crippen LogP contribution in [0.5, 0.6) is 0 Å². The molecule has 0 aromatic heterocycles. The molecule has 1 rings (SSSR count). The van der Waals surface area contributed by atoms with Crippen molar-refractivity contribution in [3.8, 4) is 0 Å². The molecule has 1 atom stereocenters. The fraction of sp³-hybridized carbons (Fsp3) is 0.200. The van der Waals surface area contributed by atoms with E-state index in [4.69, 9.17) is 5.73 Å². The van der Waals surface area contributed by atoms with Gasteiger partial charge < -0.3 is 11.1 Å². The lowest BCUT2D eigenvalue weighted by molar-refractivity contribution is -0.120. The largest absolute Gasteiger partial charge is 0.374 e. The van der Waals surface area contributed by atoms with Crippen LogP contribution in [-0.4, -0.2) is 18.0 Å². The average molecular weight is 333 g/mol. The van der Waals surface area contributed by atoms with Crippen molar-refractivity contribution in [1.82, 2.24) is 5.32 Å². The number of nitrogens with two attached hydrogens (primary N) is 1. The molecule has 4 N–H and O–H groups in total. The van der Waals surface area contributed by atoms with E-state index in [0.29, 0.717) is 0 Å².